The number of hydrogen-bond donors (Lipinski definition) is 0. The fourth-order valence-electron chi connectivity index (χ4n) is 12.1. The van der Waals surface area contributed by atoms with E-state index in [9.17, 15) is 0 Å². The normalized spacial score (nSPS) is 16.9. The van der Waals surface area contributed by atoms with Crippen LogP contribution in [0.25, 0.3) is 93.2 Å². The maximum Gasteiger partial charge on any atom is 0.159 e. The van der Waals surface area contributed by atoms with Crippen LogP contribution in [0.15, 0.2) is 251 Å². The van der Waals surface area contributed by atoms with E-state index in [1.165, 1.54) is 12.1 Å². The summed E-state index contributed by atoms with van der Waals surface area (Å²) < 4.78 is 51.5. The number of fused-ring (bicyclic) bond motifs is 13. The van der Waals surface area contributed by atoms with Crippen molar-refractivity contribution in [3.05, 3.63) is 254 Å². The van der Waals surface area contributed by atoms with Gasteiger partial charge in [0.05, 0.1) is 23.5 Å². The lowest BCUT2D eigenvalue weighted by Crippen LogP contribution is -2.50. The Balaban J connectivity index is 0.962. The molecule has 75 heavy (non-hydrogen) atoms. The maximum atomic E-state index is 15.1. The molecule has 5 nitrogen and oxygen atoms in total. The first-order valence-corrected chi connectivity index (χ1v) is 25.5. The Morgan fingerprint density at radius 3 is 1.72 bits per heavy atom. The molecule has 0 N–H and O–H groups in total. The van der Waals surface area contributed by atoms with Gasteiger partial charge in [-0.15, -0.1) is 0 Å². The number of furan rings is 2. The lowest BCUT2D eigenvalue weighted by Gasteiger charge is -2.42. The van der Waals surface area contributed by atoms with Crippen molar-refractivity contribution in [2.45, 2.75) is 24.6 Å². The Labute approximate surface area is 430 Å². The van der Waals surface area contributed by atoms with Crippen LogP contribution in [0.1, 0.15) is 12.0 Å². The zero-order valence-electron chi connectivity index (χ0n) is 40.3. The van der Waals surface area contributed by atoms with Gasteiger partial charge in [0, 0.05) is 76.7 Å². The molecule has 3 aliphatic rings. The zero-order chi connectivity index (χ0) is 49.7. The molecule has 0 amide bonds. The third kappa shape index (κ3) is 6.81. The fourth-order valence-corrected chi connectivity index (χ4v) is 12.1. The minimum absolute atomic E-state index is 0.226. The zero-order valence-corrected chi connectivity index (χ0v) is 40.3. The Morgan fingerprint density at radius 1 is 0.453 bits per heavy atom. The van der Waals surface area contributed by atoms with Crippen molar-refractivity contribution < 1.29 is 22.4 Å². The summed E-state index contributed by atoms with van der Waals surface area (Å²) in [6.07, 6.45) is 11.9. The molecule has 2 aromatic heterocycles. The van der Waals surface area contributed by atoms with E-state index in [1.807, 2.05) is 54.6 Å². The van der Waals surface area contributed by atoms with Gasteiger partial charge in [-0.2, -0.15) is 0 Å². The largest absolute Gasteiger partial charge is 0.482 e. The van der Waals surface area contributed by atoms with Crippen LogP contribution in [0, 0.1) is 5.82 Å². The molecule has 3 unspecified atom stereocenters. The van der Waals surface area contributed by atoms with Gasteiger partial charge in [0.2, 0.25) is 0 Å². The van der Waals surface area contributed by atoms with Crippen LogP contribution in [0.5, 0.6) is 5.75 Å². The summed E-state index contributed by atoms with van der Waals surface area (Å²) in [5.74, 6) is 0.285. The highest BCUT2D eigenvalue weighted by Gasteiger charge is 2.42. The topological polar surface area (TPSA) is 42.0 Å². The van der Waals surface area contributed by atoms with Crippen molar-refractivity contribution in [3.63, 3.8) is 0 Å². The highest BCUT2D eigenvalue weighted by Crippen LogP contribution is 2.52. The summed E-state index contributed by atoms with van der Waals surface area (Å²) >= 11 is 0. The second kappa shape index (κ2) is 17.1. The summed E-state index contributed by atoms with van der Waals surface area (Å²) in [4.78, 5) is 4.62. The second-order valence-corrected chi connectivity index (χ2v) is 19.6. The summed E-state index contributed by atoms with van der Waals surface area (Å²) in [5.41, 5.74) is 12.8. The monoisotopic (exact) mass is 974 g/mol. The van der Waals surface area contributed by atoms with Crippen LogP contribution in [-0.4, -0.2) is 18.2 Å². The summed E-state index contributed by atoms with van der Waals surface area (Å²) in [7, 11) is 0. The lowest BCUT2D eigenvalue weighted by molar-refractivity contribution is 0.251. The van der Waals surface area contributed by atoms with Gasteiger partial charge < -0.3 is 23.4 Å². The van der Waals surface area contributed by atoms with E-state index in [0.717, 1.165) is 122 Å². The molecule has 358 valence electrons. The smallest absolute Gasteiger partial charge is 0.159 e. The van der Waals surface area contributed by atoms with Crippen LogP contribution in [0.2, 0.25) is 0 Å². The third-order valence-electron chi connectivity index (χ3n) is 15.4. The van der Waals surface area contributed by atoms with Crippen molar-refractivity contribution in [1.29, 1.82) is 0 Å². The standard InChI is InChI=1S/C68H44F2N2O3/c69-43-31-35-45(36-32-43)71(59-29-13-27-55-53-25-11-23-47(63(53)74-67(55)59)41-15-3-1-4-16-41)61-39-57-58-40-62(50-20-8-10-22-52(50)66(58)73-65(57)51-21-9-7-19-49(51)61)72(46-37-33-44(70)34-38-46)60-30-14-28-56-54-26-12-24-48(64(54)75-68(56)60)42-17-5-2-6-18-42/h1-37,39-40,46,60,68H,38H2. The minimum Gasteiger partial charge on any atom is -0.482 e. The van der Waals surface area contributed by atoms with Crippen molar-refractivity contribution in [1.82, 2.24) is 0 Å². The SMILES string of the molecule is FC1=CCC(N(c2cc3c4cc(N(c5ccc(F)cc5)c5cccc6c5oc5c(-c7ccccc7)cccc56)c5ccccc5c4oc3c3ccccc23)C2C=CC=C3c4cccc(-c5ccccc5)c4OC32)C=C1. The summed E-state index contributed by atoms with van der Waals surface area (Å²) in [6, 6.07) is 67.0. The van der Waals surface area contributed by atoms with E-state index in [2.05, 4.69) is 168 Å². The van der Waals surface area contributed by atoms with Crippen LogP contribution >= 0.6 is 0 Å². The van der Waals surface area contributed by atoms with Gasteiger partial charge in [-0.3, -0.25) is 0 Å². The van der Waals surface area contributed by atoms with E-state index in [0.29, 0.717) is 12.0 Å². The van der Waals surface area contributed by atoms with E-state index < -0.39 is 0 Å². The van der Waals surface area contributed by atoms with E-state index in [4.69, 9.17) is 13.6 Å². The molecule has 1 aliphatic heterocycles. The molecule has 3 heterocycles. The first-order valence-electron chi connectivity index (χ1n) is 25.5. The number of rotatable bonds is 8. The van der Waals surface area contributed by atoms with Crippen molar-refractivity contribution in [2.75, 3.05) is 9.80 Å². The third-order valence-corrected chi connectivity index (χ3v) is 15.4. The molecule has 0 saturated heterocycles. The first-order chi connectivity index (χ1) is 37.0. The number of hydrogen-bond acceptors (Lipinski definition) is 5. The highest BCUT2D eigenvalue weighted by atomic mass is 19.1. The highest BCUT2D eigenvalue weighted by molar-refractivity contribution is 6.25. The average molecular weight is 975 g/mol. The number of anilines is 4. The molecule has 0 spiro atoms. The molecular weight excluding hydrogens is 931 g/mol. The molecule has 0 bridgehead atoms. The molecule has 15 rings (SSSR count). The number of ether oxygens (including phenoxy) is 1. The predicted octanol–water partition coefficient (Wildman–Crippen LogP) is 18.5. The first kappa shape index (κ1) is 43.2. The quantitative estimate of drug-likeness (QED) is 0.152. The van der Waals surface area contributed by atoms with Gasteiger partial charge in [0.15, 0.2) is 5.58 Å². The molecule has 0 fully saturated rings. The molecule has 2 aliphatic carbocycles. The number of allylic oxidation sites excluding steroid dienone is 4. The fraction of sp³-hybridized carbons (Fsp3) is 0.0588. The van der Waals surface area contributed by atoms with Crippen molar-refractivity contribution >= 4 is 93.7 Å². The van der Waals surface area contributed by atoms with E-state index in [-0.39, 0.29) is 29.8 Å². The number of benzene rings is 10. The van der Waals surface area contributed by atoms with Gasteiger partial charge in [-0.25, -0.2) is 8.78 Å². The van der Waals surface area contributed by atoms with Gasteiger partial charge in [0.25, 0.3) is 0 Å². The maximum absolute atomic E-state index is 15.1. The number of para-hydroxylation sites is 3. The minimum atomic E-state index is -0.362. The second-order valence-electron chi connectivity index (χ2n) is 19.6. The molecular formula is C68H44F2N2O3. The Hall–Kier alpha value is -9.46. The lowest BCUT2D eigenvalue weighted by atomic mass is 9.89. The molecule has 10 aromatic carbocycles. The number of halogens is 2. The molecule has 12 aromatic rings. The van der Waals surface area contributed by atoms with Gasteiger partial charge in [0.1, 0.15) is 40.2 Å². The van der Waals surface area contributed by atoms with Crippen LogP contribution < -0.4 is 14.5 Å². The van der Waals surface area contributed by atoms with Crippen molar-refractivity contribution in [3.8, 4) is 28.0 Å². The van der Waals surface area contributed by atoms with Gasteiger partial charge >= 0.3 is 0 Å². The Bertz CT molecular complexity index is 4420. The van der Waals surface area contributed by atoms with Gasteiger partial charge in [-0.05, 0) is 72.2 Å². The molecule has 7 heteroatoms. The van der Waals surface area contributed by atoms with E-state index >= 15 is 8.78 Å². The Morgan fingerprint density at radius 2 is 1.01 bits per heavy atom. The van der Waals surface area contributed by atoms with Crippen LogP contribution in [0.4, 0.5) is 31.5 Å². The van der Waals surface area contributed by atoms with Crippen molar-refractivity contribution in [2.24, 2.45) is 0 Å². The molecule has 3 atom stereocenters. The predicted molar refractivity (Wildman–Crippen MR) is 303 cm³/mol. The Kier molecular flexibility index (Phi) is 9.82. The number of nitrogens with zero attached hydrogens (tertiary/aromatic N) is 2. The van der Waals surface area contributed by atoms with Crippen LogP contribution in [-0.2, 0) is 0 Å². The van der Waals surface area contributed by atoms with Gasteiger partial charge in [-0.1, -0.05) is 182 Å². The molecule has 0 saturated carbocycles. The summed E-state index contributed by atoms with van der Waals surface area (Å²) in [5, 5.41) is 7.61. The average Bonchev–Trinajstić information content (AvgIpc) is 4.23. The molecule has 0 radical (unpaired) electrons. The summed E-state index contributed by atoms with van der Waals surface area (Å²) in [6.45, 7) is 0. The van der Waals surface area contributed by atoms with Crippen LogP contribution in [0.3, 0.4) is 0 Å². The van der Waals surface area contributed by atoms with E-state index in [1.54, 1.807) is 12.2 Å².